The van der Waals surface area contributed by atoms with E-state index in [4.69, 9.17) is 4.42 Å². The first-order valence-corrected chi connectivity index (χ1v) is 6.73. The number of aryl methyl sites for hydroxylation is 1. The van der Waals surface area contributed by atoms with Crippen molar-refractivity contribution in [2.45, 2.75) is 6.92 Å². The molecule has 2 rings (SSSR count). The van der Waals surface area contributed by atoms with Gasteiger partial charge in [0.15, 0.2) is 5.76 Å². The first-order chi connectivity index (χ1) is 8.90. The third-order valence-corrected chi connectivity index (χ3v) is 4.00. The standard InChI is InChI=1S/C12H7Br2NO4/c1-6-4-9(14)7(5-8(6)13)12(16)10-2-3-11(19-10)15(17)18/h2-5H,1H3. The first-order valence-electron chi connectivity index (χ1n) is 5.14. The second-order valence-corrected chi connectivity index (χ2v) is 5.51. The van der Waals surface area contributed by atoms with Gasteiger partial charge in [0.25, 0.3) is 0 Å². The Balaban J connectivity index is 2.43. The minimum absolute atomic E-state index is 0.0665. The molecule has 5 nitrogen and oxygen atoms in total. The highest BCUT2D eigenvalue weighted by Gasteiger charge is 2.21. The molecule has 0 atom stereocenters. The molecule has 2 aromatic rings. The normalized spacial score (nSPS) is 10.5. The fraction of sp³-hybridized carbons (Fsp3) is 0.0833. The third-order valence-electron chi connectivity index (χ3n) is 2.49. The number of carbonyl (C=O) groups excluding carboxylic acids is 1. The molecule has 0 unspecified atom stereocenters. The maximum absolute atomic E-state index is 12.2. The highest BCUT2D eigenvalue weighted by Crippen LogP contribution is 2.28. The van der Waals surface area contributed by atoms with Crippen LogP contribution in [0, 0.1) is 17.0 Å². The van der Waals surface area contributed by atoms with Gasteiger partial charge in [-0.05, 0) is 30.7 Å². The lowest BCUT2D eigenvalue weighted by atomic mass is 10.1. The summed E-state index contributed by atoms with van der Waals surface area (Å²) >= 11 is 6.64. The second kappa shape index (κ2) is 5.26. The lowest BCUT2D eigenvalue weighted by Crippen LogP contribution is -2.01. The average Bonchev–Trinajstić information content (AvgIpc) is 2.82. The van der Waals surface area contributed by atoms with Crippen LogP contribution < -0.4 is 0 Å². The van der Waals surface area contributed by atoms with Gasteiger partial charge >= 0.3 is 5.88 Å². The Morgan fingerprint density at radius 1 is 1.26 bits per heavy atom. The minimum atomic E-state index is -0.684. The van der Waals surface area contributed by atoms with Gasteiger partial charge in [0.1, 0.15) is 4.92 Å². The van der Waals surface area contributed by atoms with Gasteiger partial charge in [-0.15, -0.1) is 0 Å². The summed E-state index contributed by atoms with van der Waals surface area (Å²) in [6, 6.07) is 5.88. The van der Waals surface area contributed by atoms with E-state index in [1.807, 2.05) is 6.92 Å². The number of rotatable bonds is 3. The van der Waals surface area contributed by atoms with Crippen molar-refractivity contribution in [1.82, 2.24) is 0 Å². The number of carbonyl (C=O) groups is 1. The molecule has 0 aliphatic carbocycles. The first kappa shape index (κ1) is 14.0. The summed E-state index contributed by atoms with van der Waals surface area (Å²) in [5.74, 6) is -0.936. The van der Waals surface area contributed by atoms with Crippen molar-refractivity contribution in [2.24, 2.45) is 0 Å². The predicted molar refractivity (Wildman–Crippen MR) is 75.4 cm³/mol. The molecule has 0 aliphatic rings. The Morgan fingerprint density at radius 2 is 1.95 bits per heavy atom. The summed E-state index contributed by atoms with van der Waals surface area (Å²) in [6.07, 6.45) is 0. The van der Waals surface area contributed by atoms with Crippen LogP contribution in [0.4, 0.5) is 5.88 Å². The van der Waals surface area contributed by atoms with E-state index in [9.17, 15) is 14.9 Å². The number of halogens is 2. The highest BCUT2D eigenvalue weighted by atomic mass is 79.9. The van der Waals surface area contributed by atoms with Crippen molar-refractivity contribution in [3.63, 3.8) is 0 Å². The zero-order chi connectivity index (χ0) is 14.2. The number of ketones is 1. The number of hydrogen-bond acceptors (Lipinski definition) is 4. The van der Waals surface area contributed by atoms with E-state index < -0.39 is 16.6 Å². The van der Waals surface area contributed by atoms with Gasteiger partial charge in [0.05, 0.1) is 6.07 Å². The van der Waals surface area contributed by atoms with Crippen LogP contribution >= 0.6 is 31.9 Å². The van der Waals surface area contributed by atoms with Gasteiger partial charge in [-0.1, -0.05) is 31.9 Å². The summed E-state index contributed by atoms with van der Waals surface area (Å²) in [4.78, 5) is 22.0. The molecule has 1 heterocycles. The number of benzene rings is 1. The summed E-state index contributed by atoms with van der Waals surface area (Å²) < 4.78 is 6.29. The van der Waals surface area contributed by atoms with Crippen LogP contribution in [0.2, 0.25) is 0 Å². The van der Waals surface area contributed by atoms with Gasteiger partial charge in [0.2, 0.25) is 5.78 Å². The minimum Gasteiger partial charge on any atom is -0.397 e. The number of hydrogen-bond donors (Lipinski definition) is 0. The lowest BCUT2D eigenvalue weighted by molar-refractivity contribution is -0.402. The molecule has 0 bridgehead atoms. The van der Waals surface area contributed by atoms with E-state index in [1.165, 1.54) is 6.07 Å². The van der Waals surface area contributed by atoms with E-state index >= 15 is 0 Å². The summed E-state index contributed by atoms with van der Waals surface area (Å²) in [5, 5.41) is 10.5. The fourth-order valence-electron chi connectivity index (χ4n) is 1.50. The summed E-state index contributed by atoms with van der Waals surface area (Å²) in [6.45, 7) is 1.89. The zero-order valence-electron chi connectivity index (χ0n) is 9.65. The quantitative estimate of drug-likeness (QED) is 0.447. The molecule has 0 radical (unpaired) electrons. The van der Waals surface area contributed by atoms with Crippen LogP contribution in [-0.2, 0) is 0 Å². The maximum atomic E-state index is 12.2. The average molecular weight is 389 g/mol. The molecule has 19 heavy (non-hydrogen) atoms. The zero-order valence-corrected chi connectivity index (χ0v) is 12.8. The van der Waals surface area contributed by atoms with Crippen molar-refractivity contribution >= 4 is 43.5 Å². The van der Waals surface area contributed by atoms with Crippen LogP contribution in [0.1, 0.15) is 21.7 Å². The summed E-state index contributed by atoms with van der Waals surface area (Å²) in [5.41, 5.74) is 1.34. The van der Waals surface area contributed by atoms with Gasteiger partial charge in [-0.2, -0.15) is 0 Å². The predicted octanol–water partition coefficient (Wildman–Crippen LogP) is 4.25. The largest absolute Gasteiger partial charge is 0.433 e. The molecule has 1 aromatic carbocycles. The second-order valence-electron chi connectivity index (χ2n) is 3.81. The maximum Gasteiger partial charge on any atom is 0.433 e. The van der Waals surface area contributed by atoms with Crippen molar-refractivity contribution < 1.29 is 14.1 Å². The Labute approximate surface area is 125 Å². The number of furan rings is 1. The van der Waals surface area contributed by atoms with Gasteiger partial charge in [-0.25, -0.2) is 0 Å². The molecule has 7 heteroatoms. The third kappa shape index (κ3) is 2.76. The molecule has 0 spiro atoms. The molecule has 0 saturated heterocycles. The molecule has 0 saturated carbocycles. The van der Waals surface area contributed by atoms with Crippen LogP contribution in [-0.4, -0.2) is 10.7 Å². The molecule has 0 fully saturated rings. The van der Waals surface area contributed by atoms with Crippen LogP contribution in [0.3, 0.4) is 0 Å². The Hall–Kier alpha value is -1.47. The Morgan fingerprint density at radius 3 is 2.53 bits per heavy atom. The van der Waals surface area contributed by atoms with Crippen molar-refractivity contribution in [2.75, 3.05) is 0 Å². The summed E-state index contributed by atoms with van der Waals surface area (Å²) in [7, 11) is 0. The van der Waals surface area contributed by atoms with Crippen LogP contribution in [0.25, 0.3) is 0 Å². The molecule has 0 aliphatic heterocycles. The van der Waals surface area contributed by atoms with Crippen molar-refractivity contribution in [1.29, 1.82) is 0 Å². The van der Waals surface area contributed by atoms with E-state index in [0.29, 0.717) is 10.0 Å². The van der Waals surface area contributed by atoms with E-state index in [2.05, 4.69) is 31.9 Å². The van der Waals surface area contributed by atoms with E-state index in [1.54, 1.807) is 12.1 Å². The van der Waals surface area contributed by atoms with Crippen molar-refractivity contribution in [3.8, 4) is 0 Å². The topological polar surface area (TPSA) is 73.3 Å². The molecular weight excluding hydrogens is 382 g/mol. The van der Waals surface area contributed by atoms with Crippen LogP contribution in [0.15, 0.2) is 37.6 Å². The highest BCUT2D eigenvalue weighted by molar-refractivity contribution is 9.11. The van der Waals surface area contributed by atoms with Gasteiger partial charge in [-0.3, -0.25) is 14.9 Å². The molecule has 0 amide bonds. The number of nitro groups is 1. The van der Waals surface area contributed by atoms with E-state index in [0.717, 1.165) is 16.1 Å². The molecule has 1 aromatic heterocycles. The number of nitrogens with zero attached hydrogens (tertiary/aromatic N) is 1. The van der Waals surface area contributed by atoms with Crippen molar-refractivity contribution in [3.05, 3.63) is 60.2 Å². The lowest BCUT2D eigenvalue weighted by Gasteiger charge is -2.05. The Kier molecular flexibility index (Phi) is 3.86. The van der Waals surface area contributed by atoms with Gasteiger partial charge in [0, 0.05) is 14.5 Å². The smallest absolute Gasteiger partial charge is 0.397 e. The SMILES string of the molecule is Cc1cc(Br)c(C(=O)c2ccc([N+](=O)[O-])o2)cc1Br. The fourth-order valence-corrected chi connectivity index (χ4v) is 2.48. The Bertz CT molecular complexity index is 678. The molecular formula is C12H7Br2NO4. The molecule has 0 N–H and O–H groups in total. The van der Waals surface area contributed by atoms with E-state index in [-0.39, 0.29) is 5.76 Å². The monoisotopic (exact) mass is 387 g/mol. The van der Waals surface area contributed by atoms with Crippen LogP contribution in [0.5, 0.6) is 0 Å². The molecule has 98 valence electrons. The van der Waals surface area contributed by atoms with Gasteiger partial charge < -0.3 is 4.42 Å².